The highest BCUT2D eigenvalue weighted by Gasteiger charge is 2.77. The van der Waals surface area contributed by atoms with Gasteiger partial charge in [-0.15, -0.1) is 0 Å². The average Bonchev–Trinajstić information content (AvgIpc) is 2.26. The lowest BCUT2D eigenvalue weighted by Gasteiger charge is -2.26. The Kier molecular flexibility index (Phi) is 6.00. The molecule has 0 aromatic heterocycles. The summed E-state index contributed by atoms with van der Waals surface area (Å²) < 4.78 is 93.0. The van der Waals surface area contributed by atoms with Crippen molar-refractivity contribution in [3.63, 3.8) is 0 Å². The smallest absolute Gasteiger partial charge is 0.459 e. The molecule has 0 rings (SSSR count). The zero-order valence-electron chi connectivity index (χ0n) is 9.15. The van der Waals surface area contributed by atoms with E-state index in [0.717, 1.165) is 0 Å². The number of rotatable bonds is 7. The second kappa shape index (κ2) is 6.37. The zero-order chi connectivity index (χ0) is 15.3. The van der Waals surface area contributed by atoms with E-state index in [2.05, 4.69) is 9.47 Å². The van der Waals surface area contributed by atoms with E-state index in [1.54, 1.807) is 0 Å². The number of carbonyl (C=O) groups is 1. The van der Waals surface area contributed by atoms with Crippen LogP contribution in [0.4, 0.5) is 30.7 Å². The lowest BCUT2D eigenvalue weighted by molar-refractivity contribution is -0.348. The summed E-state index contributed by atoms with van der Waals surface area (Å²) in [5, 5.41) is 8.22. The topological polar surface area (TPSA) is 55.8 Å². The fourth-order valence-corrected chi connectivity index (χ4v) is 0.757. The Morgan fingerprint density at radius 1 is 0.947 bits per heavy atom. The summed E-state index contributed by atoms with van der Waals surface area (Å²) in [5.41, 5.74) is 0. The molecule has 0 atom stereocenters. The van der Waals surface area contributed by atoms with Crippen molar-refractivity contribution in [1.29, 1.82) is 0 Å². The molecule has 0 heterocycles. The minimum atomic E-state index is -6.59. The van der Waals surface area contributed by atoms with Crippen LogP contribution in [0.1, 0.15) is 0 Å². The van der Waals surface area contributed by atoms with Gasteiger partial charge in [0.25, 0.3) is 0 Å². The molecule has 0 aliphatic heterocycles. The van der Waals surface area contributed by atoms with Gasteiger partial charge in [0.2, 0.25) is 0 Å². The van der Waals surface area contributed by atoms with Crippen LogP contribution in [-0.2, 0) is 14.3 Å². The van der Waals surface area contributed by atoms with E-state index >= 15 is 0 Å². The molecule has 4 nitrogen and oxygen atoms in total. The molecule has 0 bridgehead atoms. The van der Waals surface area contributed by atoms with Gasteiger partial charge < -0.3 is 14.6 Å². The molecule has 0 aromatic carbocycles. The first-order valence-electron chi connectivity index (χ1n) is 4.66. The highest BCUT2D eigenvalue weighted by molar-refractivity contribution is 5.79. The van der Waals surface area contributed by atoms with Crippen molar-refractivity contribution in [2.75, 3.05) is 26.4 Å². The second-order valence-corrected chi connectivity index (χ2v) is 3.12. The minimum Gasteiger partial charge on any atom is -0.459 e. The number of aliphatic hydroxyl groups excluding tert-OH is 1. The molecular formula is C8H9F7O4. The maximum absolute atomic E-state index is 12.6. The molecule has 0 radical (unpaired) electrons. The van der Waals surface area contributed by atoms with Gasteiger partial charge in [0.15, 0.2) is 0 Å². The third-order valence-electron chi connectivity index (χ3n) is 1.70. The van der Waals surface area contributed by atoms with Crippen molar-refractivity contribution in [3.8, 4) is 0 Å². The monoisotopic (exact) mass is 302 g/mol. The molecule has 0 saturated heterocycles. The van der Waals surface area contributed by atoms with Crippen molar-refractivity contribution < 1.29 is 50.1 Å². The SMILES string of the molecule is O=C(OCCOCCO)C(F)(F)C(F)(F)C(F)(F)F. The maximum Gasteiger partial charge on any atom is 0.460 e. The normalized spacial score (nSPS) is 13.5. The molecular weight excluding hydrogens is 293 g/mol. The number of hydrogen-bond donors (Lipinski definition) is 1. The summed E-state index contributed by atoms with van der Waals surface area (Å²) in [7, 11) is 0. The molecule has 1 N–H and O–H groups in total. The van der Waals surface area contributed by atoms with Gasteiger partial charge in [0.1, 0.15) is 6.61 Å². The van der Waals surface area contributed by atoms with Gasteiger partial charge in [-0.1, -0.05) is 0 Å². The number of ether oxygens (including phenoxy) is 2. The van der Waals surface area contributed by atoms with Gasteiger partial charge in [-0.05, 0) is 0 Å². The molecule has 0 aliphatic rings. The third kappa shape index (κ3) is 4.20. The van der Waals surface area contributed by atoms with Crippen LogP contribution in [0.3, 0.4) is 0 Å². The summed E-state index contributed by atoms with van der Waals surface area (Å²) in [4.78, 5) is 10.5. The van der Waals surface area contributed by atoms with Gasteiger partial charge in [0, 0.05) is 0 Å². The summed E-state index contributed by atoms with van der Waals surface area (Å²) in [6.07, 6.45) is -6.59. The number of alkyl halides is 7. The van der Waals surface area contributed by atoms with Gasteiger partial charge in [-0.3, -0.25) is 0 Å². The van der Waals surface area contributed by atoms with Crippen LogP contribution in [0.25, 0.3) is 0 Å². The molecule has 0 spiro atoms. The van der Waals surface area contributed by atoms with Gasteiger partial charge >= 0.3 is 24.0 Å². The van der Waals surface area contributed by atoms with E-state index in [1.165, 1.54) is 0 Å². The molecule has 11 heteroatoms. The number of halogens is 7. The Balaban J connectivity index is 4.52. The van der Waals surface area contributed by atoms with Crippen LogP contribution in [0.15, 0.2) is 0 Å². The highest BCUT2D eigenvalue weighted by Crippen LogP contribution is 2.46. The largest absolute Gasteiger partial charge is 0.460 e. The van der Waals surface area contributed by atoms with E-state index in [9.17, 15) is 35.5 Å². The maximum atomic E-state index is 12.6. The van der Waals surface area contributed by atoms with Gasteiger partial charge in [0.05, 0.1) is 19.8 Å². The summed E-state index contributed by atoms with van der Waals surface area (Å²) >= 11 is 0. The quantitative estimate of drug-likeness (QED) is 0.438. The lowest BCUT2D eigenvalue weighted by Crippen LogP contribution is -2.56. The van der Waals surface area contributed by atoms with Crippen molar-refractivity contribution in [2.24, 2.45) is 0 Å². The first kappa shape index (κ1) is 17.9. The van der Waals surface area contributed by atoms with Crippen LogP contribution in [0, 0.1) is 0 Å². The van der Waals surface area contributed by atoms with E-state index < -0.39 is 43.8 Å². The summed E-state index contributed by atoms with van der Waals surface area (Å²) in [6, 6.07) is 0. The number of aliphatic hydroxyl groups is 1. The van der Waals surface area contributed by atoms with Crippen molar-refractivity contribution in [3.05, 3.63) is 0 Å². The van der Waals surface area contributed by atoms with Crippen molar-refractivity contribution >= 4 is 5.97 Å². The molecule has 19 heavy (non-hydrogen) atoms. The van der Waals surface area contributed by atoms with Crippen molar-refractivity contribution in [2.45, 2.75) is 18.0 Å². The van der Waals surface area contributed by atoms with Crippen molar-refractivity contribution in [1.82, 2.24) is 0 Å². The molecule has 0 saturated carbocycles. The molecule has 0 aromatic rings. The summed E-state index contributed by atoms with van der Waals surface area (Å²) in [5.74, 6) is -15.6. The fourth-order valence-electron chi connectivity index (χ4n) is 0.757. The summed E-state index contributed by atoms with van der Waals surface area (Å²) in [6.45, 7) is -2.18. The van der Waals surface area contributed by atoms with Gasteiger partial charge in [-0.2, -0.15) is 30.7 Å². The Hall–Kier alpha value is -1.10. The fraction of sp³-hybridized carbons (Fsp3) is 0.875. The third-order valence-corrected chi connectivity index (χ3v) is 1.70. The Morgan fingerprint density at radius 3 is 1.89 bits per heavy atom. The Labute approximate surface area is 102 Å². The predicted molar refractivity (Wildman–Crippen MR) is 44.8 cm³/mol. The van der Waals surface area contributed by atoms with Crippen LogP contribution in [-0.4, -0.2) is 55.5 Å². The number of carbonyl (C=O) groups excluding carboxylic acids is 1. The molecule has 0 fully saturated rings. The van der Waals surface area contributed by atoms with Crippen LogP contribution in [0.5, 0.6) is 0 Å². The van der Waals surface area contributed by atoms with E-state index in [-0.39, 0.29) is 6.61 Å². The zero-order valence-corrected chi connectivity index (χ0v) is 9.15. The Bertz CT molecular complexity index is 302. The second-order valence-electron chi connectivity index (χ2n) is 3.12. The first-order valence-corrected chi connectivity index (χ1v) is 4.66. The standard InChI is InChI=1S/C8H9F7O4/c9-6(10,7(11,12)8(13,14)15)5(17)19-4-3-18-2-1-16/h16H,1-4H2. The van der Waals surface area contributed by atoms with Crippen LogP contribution >= 0.6 is 0 Å². The predicted octanol–water partition coefficient (Wildman–Crippen LogP) is 1.37. The van der Waals surface area contributed by atoms with E-state index in [4.69, 9.17) is 5.11 Å². The molecule has 0 unspecified atom stereocenters. The number of esters is 1. The highest BCUT2D eigenvalue weighted by atomic mass is 19.4. The molecule has 0 aliphatic carbocycles. The van der Waals surface area contributed by atoms with Crippen LogP contribution in [0.2, 0.25) is 0 Å². The van der Waals surface area contributed by atoms with Gasteiger partial charge in [-0.25, -0.2) is 4.79 Å². The average molecular weight is 302 g/mol. The van der Waals surface area contributed by atoms with E-state index in [1.807, 2.05) is 0 Å². The van der Waals surface area contributed by atoms with Crippen LogP contribution < -0.4 is 0 Å². The molecule has 0 amide bonds. The minimum absolute atomic E-state index is 0.243. The van der Waals surface area contributed by atoms with E-state index in [0.29, 0.717) is 0 Å². The number of hydrogen-bond acceptors (Lipinski definition) is 4. The first-order chi connectivity index (χ1) is 8.48. The Morgan fingerprint density at radius 2 is 1.47 bits per heavy atom. The lowest BCUT2D eigenvalue weighted by atomic mass is 10.1. The molecule has 114 valence electrons.